The van der Waals surface area contributed by atoms with Crippen LogP contribution in [0.15, 0.2) is 6.07 Å². The summed E-state index contributed by atoms with van der Waals surface area (Å²) in [5, 5.41) is 12.0. The van der Waals surface area contributed by atoms with Gasteiger partial charge in [-0.25, -0.2) is 4.79 Å². The molecule has 7 heteroatoms. The molecule has 3 heterocycles. The van der Waals surface area contributed by atoms with Gasteiger partial charge in [0.15, 0.2) is 5.54 Å². The molecule has 0 spiro atoms. The van der Waals surface area contributed by atoms with Crippen LogP contribution in [-0.2, 0) is 21.7 Å². The Balaban J connectivity index is 1.78. The van der Waals surface area contributed by atoms with Crippen LogP contribution in [0.25, 0.3) is 0 Å². The first kappa shape index (κ1) is 13.9. The van der Waals surface area contributed by atoms with Crippen molar-refractivity contribution in [3.63, 3.8) is 0 Å². The van der Waals surface area contributed by atoms with Crippen LogP contribution in [0.1, 0.15) is 26.5 Å². The van der Waals surface area contributed by atoms with Gasteiger partial charge < -0.3 is 15.2 Å². The Morgan fingerprint density at radius 1 is 1.45 bits per heavy atom. The van der Waals surface area contributed by atoms with Crippen LogP contribution in [-0.4, -0.2) is 41.5 Å². The summed E-state index contributed by atoms with van der Waals surface area (Å²) in [4.78, 5) is 25.5. The first-order chi connectivity index (χ1) is 9.61. The van der Waals surface area contributed by atoms with Crippen molar-refractivity contribution in [2.75, 3.05) is 19.0 Å². The highest BCUT2D eigenvalue weighted by Gasteiger charge is 2.44. The number of hydrogen-bond donors (Lipinski definition) is 2. The van der Waals surface area contributed by atoms with Crippen molar-refractivity contribution in [1.82, 2.24) is 5.32 Å². The number of carboxylic acids is 1. The summed E-state index contributed by atoms with van der Waals surface area (Å²) >= 11 is 3.34. The maximum atomic E-state index is 12.3. The minimum Gasteiger partial charge on any atom is -0.479 e. The Labute approximate surface area is 124 Å². The number of carbonyl (C=O) groups excluding carboxylic acids is 1. The largest absolute Gasteiger partial charge is 0.479 e. The molecule has 1 saturated heterocycles. The molecule has 0 bridgehead atoms. The fourth-order valence-electron chi connectivity index (χ4n) is 2.42. The highest BCUT2D eigenvalue weighted by molar-refractivity contribution is 7.98. The molecule has 108 valence electrons. The molecule has 0 radical (unpaired) electrons. The fourth-order valence-corrected chi connectivity index (χ4v) is 4.69. The van der Waals surface area contributed by atoms with Crippen molar-refractivity contribution in [1.29, 1.82) is 0 Å². The Bertz CT molecular complexity index is 525. The maximum Gasteiger partial charge on any atom is 0.331 e. The zero-order valence-electron chi connectivity index (χ0n) is 10.8. The van der Waals surface area contributed by atoms with E-state index < -0.39 is 11.5 Å². The molecule has 1 unspecified atom stereocenters. The Morgan fingerprint density at radius 2 is 2.30 bits per heavy atom. The lowest BCUT2D eigenvalue weighted by molar-refractivity contribution is -0.144. The second-order valence-electron chi connectivity index (χ2n) is 5.01. The van der Waals surface area contributed by atoms with Gasteiger partial charge in [-0.05, 0) is 23.8 Å². The predicted molar refractivity (Wildman–Crippen MR) is 77.5 cm³/mol. The lowest BCUT2D eigenvalue weighted by atomic mass is 9.99. The standard InChI is InChI=1S/C13H15NO4S2/c15-11(14-13(12(16)17)2-3-18-7-13)10-5-8-6-19-4-1-9(8)20-10/h5H,1-4,6-7H2,(H,14,15)(H,16,17). The number of hydrogen-bond acceptors (Lipinski definition) is 5. The molecule has 20 heavy (non-hydrogen) atoms. The van der Waals surface area contributed by atoms with Crippen LogP contribution in [0.2, 0.25) is 0 Å². The lowest BCUT2D eigenvalue weighted by Crippen LogP contribution is -2.55. The van der Waals surface area contributed by atoms with Crippen molar-refractivity contribution in [2.24, 2.45) is 0 Å². The van der Waals surface area contributed by atoms with Crippen molar-refractivity contribution in [3.8, 4) is 0 Å². The summed E-state index contributed by atoms with van der Waals surface area (Å²) in [6.07, 6.45) is 1.31. The van der Waals surface area contributed by atoms with E-state index in [0.717, 1.165) is 17.9 Å². The van der Waals surface area contributed by atoms with Crippen LogP contribution in [0.5, 0.6) is 0 Å². The van der Waals surface area contributed by atoms with Gasteiger partial charge in [-0.2, -0.15) is 11.8 Å². The van der Waals surface area contributed by atoms with Gasteiger partial charge in [0.25, 0.3) is 5.91 Å². The first-order valence-corrected chi connectivity index (χ1v) is 8.41. The number of thioether (sulfide) groups is 1. The van der Waals surface area contributed by atoms with Gasteiger partial charge in [0.05, 0.1) is 11.5 Å². The SMILES string of the molecule is O=C(NC1(C(=O)O)CCOC1)c1cc2c(s1)CCSC2. The molecule has 1 fully saturated rings. The molecule has 0 aliphatic carbocycles. The number of thiophene rings is 1. The summed E-state index contributed by atoms with van der Waals surface area (Å²) in [7, 11) is 0. The molecular formula is C13H15NO4S2. The summed E-state index contributed by atoms with van der Waals surface area (Å²) in [5.74, 6) is 0.691. The number of aryl methyl sites for hydroxylation is 1. The minimum atomic E-state index is -1.27. The minimum absolute atomic E-state index is 0.0367. The summed E-state index contributed by atoms with van der Waals surface area (Å²) in [6.45, 7) is 0.402. The molecule has 1 aromatic heterocycles. The molecule has 0 saturated carbocycles. The third-order valence-corrected chi connectivity index (χ3v) is 5.88. The van der Waals surface area contributed by atoms with Gasteiger partial charge in [-0.1, -0.05) is 0 Å². The van der Waals surface area contributed by atoms with Crippen LogP contribution in [0.4, 0.5) is 0 Å². The highest BCUT2D eigenvalue weighted by atomic mass is 32.2. The number of nitrogens with one attached hydrogen (secondary N) is 1. The van der Waals surface area contributed by atoms with E-state index in [9.17, 15) is 14.7 Å². The molecule has 1 amide bonds. The Kier molecular flexibility index (Phi) is 3.74. The average Bonchev–Trinajstić information content (AvgIpc) is 3.05. The second kappa shape index (κ2) is 5.38. The number of fused-ring (bicyclic) bond motifs is 1. The zero-order chi connectivity index (χ0) is 14.2. The van der Waals surface area contributed by atoms with Crippen LogP contribution < -0.4 is 5.32 Å². The molecule has 3 rings (SSSR count). The fraction of sp³-hybridized carbons (Fsp3) is 0.538. The van der Waals surface area contributed by atoms with E-state index in [1.54, 1.807) is 0 Å². The summed E-state index contributed by atoms with van der Waals surface area (Å²) in [5.41, 5.74) is -0.0560. The number of rotatable bonds is 3. The van der Waals surface area contributed by atoms with Gasteiger partial charge in [0.1, 0.15) is 0 Å². The summed E-state index contributed by atoms with van der Waals surface area (Å²) < 4.78 is 5.14. The quantitative estimate of drug-likeness (QED) is 0.885. The first-order valence-electron chi connectivity index (χ1n) is 6.44. The molecule has 1 atom stereocenters. The van der Waals surface area contributed by atoms with E-state index in [4.69, 9.17) is 4.74 Å². The van der Waals surface area contributed by atoms with Gasteiger partial charge in [0, 0.05) is 23.7 Å². The van der Waals surface area contributed by atoms with Gasteiger partial charge in [-0.3, -0.25) is 4.79 Å². The van der Waals surface area contributed by atoms with E-state index in [1.165, 1.54) is 21.8 Å². The van der Waals surface area contributed by atoms with Crippen LogP contribution in [0, 0.1) is 0 Å². The van der Waals surface area contributed by atoms with Crippen molar-refractivity contribution in [3.05, 3.63) is 21.4 Å². The third-order valence-electron chi connectivity index (χ3n) is 3.64. The van der Waals surface area contributed by atoms with Crippen LogP contribution >= 0.6 is 23.1 Å². The number of carboxylic acid groups (broad SMARTS) is 1. The summed E-state index contributed by atoms with van der Waals surface area (Å²) in [6, 6.07) is 1.90. The molecule has 2 aliphatic rings. The monoisotopic (exact) mass is 313 g/mol. The molecule has 5 nitrogen and oxygen atoms in total. The van der Waals surface area contributed by atoms with Gasteiger partial charge in [-0.15, -0.1) is 11.3 Å². The predicted octanol–water partition coefficient (Wildman–Crippen LogP) is 1.51. The van der Waals surface area contributed by atoms with Gasteiger partial charge in [0.2, 0.25) is 0 Å². The van der Waals surface area contributed by atoms with E-state index in [2.05, 4.69) is 5.32 Å². The van der Waals surface area contributed by atoms with Crippen molar-refractivity contribution < 1.29 is 19.4 Å². The van der Waals surface area contributed by atoms with Crippen molar-refractivity contribution in [2.45, 2.75) is 24.1 Å². The molecule has 2 N–H and O–H groups in total. The molecule has 1 aromatic rings. The highest BCUT2D eigenvalue weighted by Crippen LogP contribution is 2.32. The Morgan fingerprint density at radius 3 is 2.95 bits per heavy atom. The van der Waals surface area contributed by atoms with E-state index in [0.29, 0.717) is 17.9 Å². The number of amides is 1. The number of carbonyl (C=O) groups is 2. The molecule has 0 aromatic carbocycles. The van der Waals surface area contributed by atoms with E-state index in [-0.39, 0.29) is 12.5 Å². The second-order valence-corrected chi connectivity index (χ2v) is 7.25. The van der Waals surface area contributed by atoms with Crippen LogP contribution in [0.3, 0.4) is 0 Å². The topological polar surface area (TPSA) is 75.6 Å². The van der Waals surface area contributed by atoms with E-state index in [1.807, 2.05) is 17.8 Å². The lowest BCUT2D eigenvalue weighted by Gasteiger charge is -2.23. The third kappa shape index (κ3) is 2.45. The van der Waals surface area contributed by atoms with E-state index >= 15 is 0 Å². The van der Waals surface area contributed by atoms with Crippen molar-refractivity contribution >= 4 is 35.0 Å². The zero-order valence-corrected chi connectivity index (χ0v) is 12.4. The normalized spacial score (nSPS) is 25.2. The Hall–Kier alpha value is -1.05. The smallest absolute Gasteiger partial charge is 0.331 e. The number of aliphatic carboxylic acids is 1. The average molecular weight is 313 g/mol. The number of ether oxygens (including phenoxy) is 1. The molecular weight excluding hydrogens is 298 g/mol. The maximum absolute atomic E-state index is 12.3. The molecule has 2 aliphatic heterocycles. The van der Waals surface area contributed by atoms with Gasteiger partial charge >= 0.3 is 5.97 Å².